The second-order valence-corrected chi connectivity index (χ2v) is 16.3. The first-order chi connectivity index (χ1) is 23.6. The van der Waals surface area contributed by atoms with E-state index < -0.39 is 74.3 Å². The number of thiazole rings is 1. The first kappa shape index (κ1) is 35.8. The van der Waals surface area contributed by atoms with Gasteiger partial charge in [0.2, 0.25) is 21.8 Å². The summed E-state index contributed by atoms with van der Waals surface area (Å²) in [4.78, 5) is 60.1. The number of aromatic nitrogens is 1. The zero-order valence-corrected chi connectivity index (χ0v) is 29.1. The highest BCUT2D eigenvalue weighted by Gasteiger charge is 2.62. The number of ether oxygens (including phenoxy) is 1. The van der Waals surface area contributed by atoms with Gasteiger partial charge in [-0.1, -0.05) is 12.2 Å². The molecular weight excluding hydrogens is 700 g/mol. The summed E-state index contributed by atoms with van der Waals surface area (Å²) in [6.45, 7) is 2.15. The van der Waals surface area contributed by atoms with E-state index in [2.05, 4.69) is 20.3 Å². The first-order valence-corrected chi connectivity index (χ1v) is 18.9. The molecule has 6 rings (SSSR count). The Morgan fingerprint density at radius 1 is 1.14 bits per heavy atom. The van der Waals surface area contributed by atoms with E-state index in [1.807, 2.05) is 12.2 Å². The second kappa shape index (κ2) is 13.6. The minimum absolute atomic E-state index is 0.0472. The molecule has 270 valence electrons. The SMILES string of the molecule is Cc1csc(-c2ccc(C(F)(F)F)cc2NC(=O)O[C@@H]2C[C@H]3C(=O)N[C@]4(C(=O)NS(=O)(=O)C5CC5)C[C@H]4/C=C/CCCCN(C)C(=O)[C@@H]3C2)n1. The smallest absolute Gasteiger partial charge is 0.416 e. The van der Waals surface area contributed by atoms with Crippen LogP contribution in [0.15, 0.2) is 35.7 Å². The minimum Gasteiger partial charge on any atom is -0.446 e. The number of sulfonamides is 1. The molecule has 12 nitrogen and oxygen atoms in total. The van der Waals surface area contributed by atoms with Crippen LogP contribution in [-0.4, -0.2) is 72.6 Å². The second-order valence-electron chi connectivity index (χ2n) is 13.5. The van der Waals surface area contributed by atoms with Gasteiger partial charge in [-0.25, -0.2) is 18.2 Å². The van der Waals surface area contributed by atoms with Gasteiger partial charge >= 0.3 is 12.3 Å². The van der Waals surface area contributed by atoms with Crippen LogP contribution in [0, 0.1) is 24.7 Å². The molecule has 3 saturated carbocycles. The average Bonchev–Trinajstić information content (AvgIpc) is 3.93. The Hall–Kier alpha value is -3.99. The average molecular weight is 738 g/mol. The largest absolute Gasteiger partial charge is 0.446 e. The zero-order valence-electron chi connectivity index (χ0n) is 27.4. The van der Waals surface area contributed by atoms with Crippen LogP contribution in [0.5, 0.6) is 0 Å². The van der Waals surface area contributed by atoms with Gasteiger partial charge in [0.1, 0.15) is 16.7 Å². The van der Waals surface area contributed by atoms with Crippen molar-refractivity contribution >= 4 is 50.9 Å². The van der Waals surface area contributed by atoms with Crippen molar-refractivity contribution in [2.24, 2.45) is 17.8 Å². The lowest BCUT2D eigenvalue weighted by atomic mass is 9.93. The van der Waals surface area contributed by atoms with Gasteiger partial charge in [-0.15, -0.1) is 11.3 Å². The van der Waals surface area contributed by atoms with Gasteiger partial charge in [-0.05, 0) is 76.5 Å². The molecule has 1 aromatic heterocycles. The molecule has 3 N–H and O–H groups in total. The lowest BCUT2D eigenvalue weighted by molar-refractivity contribution is -0.140. The predicted molar refractivity (Wildman–Crippen MR) is 177 cm³/mol. The monoisotopic (exact) mass is 737 g/mol. The first-order valence-electron chi connectivity index (χ1n) is 16.5. The van der Waals surface area contributed by atoms with E-state index in [1.165, 1.54) is 22.3 Å². The number of alkyl halides is 3. The van der Waals surface area contributed by atoms with Crippen LogP contribution in [0.25, 0.3) is 10.6 Å². The maximum Gasteiger partial charge on any atom is 0.416 e. The number of benzene rings is 1. The summed E-state index contributed by atoms with van der Waals surface area (Å²) in [5, 5.41) is 6.63. The van der Waals surface area contributed by atoms with Crippen molar-refractivity contribution in [3.63, 3.8) is 0 Å². The van der Waals surface area contributed by atoms with Gasteiger partial charge in [0.15, 0.2) is 0 Å². The molecule has 2 heterocycles. The van der Waals surface area contributed by atoms with Crippen LogP contribution in [0.4, 0.5) is 23.7 Å². The normalized spacial score (nSPS) is 28.1. The van der Waals surface area contributed by atoms with E-state index in [0.717, 1.165) is 18.6 Å². The molecule has 1 aromatic carbocycles. The summed E-state index contributed by atoms with van der Waals surface area (Å²) >= 11 is 1.19. The highest BCUT2D eigenvalue weighted by Crippen LogP contribution is 2.47. The molecule has 5 atom stereocenters. The van der Waals surface area contributed by atoms with Crippen LogP contribution in [0.3, 0.4) is 0 Å². The summed E-state index contributed by atoms with van der Waals surface area (Å²) < 4.78 is 73.9. The lowest BCUT2D eigenvalue weighted by Gasteiger charge is -2.26. The fourth-order valence-corrected chi connectivity index (χ4v) is 8.87. The molecule has 0 bridgehead atoms. The third-order valence-electron chi connectivity index (χ3n) is 9.70. The number of nitrogens with zero attached hydrogens (tertiary/aromatic N) is 2. The van der Waals surface area contributed by atoms with Gasteiger partial charge in [0.05, 0.1) is 28.3 Å². The Bertz CT molecular complexity index is 1830. The number of fused-ring (bicyclic) bond motifs is 2. The van der Waals surface area contributed by atoms with E-state index in [0.29, 0.717) is 42.9 Å². The highest BCUT2D eigenvalue weighted by atomic mass is 32.2. The number of hydrogen-bond acceptors (Lipinski definition) is 9. The molecule has 2 aromatic rings. The maximum absolute atomic E-state index is 13.9. The molecule has 3 fully saturated rings. The van der Waals surface area contributed by atoms with E-state index >= 15 is 0 Å². The van der Waals surface area contributed by atoms with Crippen LogP contribution in [0.1, 0.15) is 62.6 Å². The molecule has 4 amide bonds. The van der Waals surface area contributed by atoms with Crippen molar-refractivity contribution in [1.29, 1.82) is 0 Å². The molecule has 1 aliphatic heterocycles. The van der Waals surface area contributed by atoms with Gasteiger partial charge in [0, 0.05) is 36.1 Å². The molecule has 0 unspecified atom stereocenters. The number of anilines is 1. The number of allylic oxidation sites excluding steroid dienone is 1. The molecule has 0 spiro atoms. The highest BCUT2D eigenvalue weighted by molar-refractivity contribution is 7.91. The van der Waals surface area contributed by atoms with Gasteiger partial charge in [-0.2, -0.15) is 13.2 Å². The Morgan fingerprint density at radius 3 is 2.56 bits per heavy atom. The number of rotatable bonds is 6. The van der Waals surface area contributed by atoms with Crippen molar-refractivity contribution in [3.8, 4) is 10.6 Å². The van der Waals surface area contributed by atoms with Crippen LogP contribution in [-0.2, 0) is 35.3 Å². The fraction of sp³-hybridized carbons (Fsp3) is 0.545. The van der Waals surface area contributed by atoms with Crippen molar-refractivity contribution in [1.82, 2.24) is 19.9 Å². The van der Waals surface area contributed by atoms with E-state index in [1.54, 1.807) is 19.4 Å². The molecule has 4 aliphatic rings. The summed E-state index contributed by atoms with van der Waals surface area (Å²) in [5.74, 6) is -4.28. The Morgan fingerprint density at radius 2 is 1.88 bits per heavy atom. The molecule has 17 heteroatoms. The van der Waals surface area contributed by atoms with Gasteiger partial charge in [0.25, 0.3) is 5.91 Å². The van der Waals surface area contributed by atoms with Crippen LogP contribution < -0.4 is 15.4 Å². The molecule has 50 heavy (non-hydrogen) atoms. The summed E-state index contributed by atoms with van der Waals surface area (Å²) in [6, 6.07) is 2.90. The van der Waals surface area contributed by atoms with Crippen molar-refractivity contribution in [3.05, 3.63) is 47.0 Å². The summed E-state index contributed by atoms with van der Waals surface area (Å²) in [5.41, 5.74) is -1.79. The number of halogens is 3. The van der Waals surface area contributed by atoms with Gasteiger partial charge < -0.3 is 15.0 Å². The van der Waals surface area contributed by atoms with Gasteiger partial charge in [-0.3, -0.25) is 24.4 Å². The van der Waals surface area contributed by atoms with E-state index in [9.17, 15) is 40.8 Å². The number of aryl methyl sites for hydroxylation is 1. The zero-order chi connectivity index (χ0) is 36.0. The van der Waals surface area contributed by atoms with Crippen molar-refractivity contribution < 1.29 is 45.5 Å². The molecule has 0 saturated heterocycles. The lowest BCUT2D eigenvalue weighted by Crippen LogP contribution is -2.54. The maximum atomic E-state index is 13.9. The number of hydrogen-bond donors (Lipinski definition) is 3. The third kappa shape index (κ3) is 7.67. The molecule has 3 aliphatic carbocycles. The fourth-order valence-electron chi connectivity index (χ4n) is 6.67. The standard InChI is InChI=1S/C33H38F3N5O7S2/c1-18-17-49-28(37-18)23-11-8-19(33(34,35)36)13-26(23)38-31(45)48-21-14-24-25(15-21)29(43)41(2)12-6-4-3-5-7-20-16-32(20,39-27(24)42)30(44)40-50(46,47)22-9-10-22/h5,7-8,11,13,17,20-22,24-25H,3-4,6,9-10,12,14-16H2,1-2H3,(H,38,45)(H,39,42)(H,40,44)/b7-5+/t20-,21-,24-,25-,32-/m1/s1. The summed E-state index contributed by atoms with van der Waals surface area (Å²) in [7, 11) is -2.29. The Kier molecular flexibility index (Phi) is 9.76. The minimum atomic E-state index is -4.69. The van der Waals surface area contributed by atoms with Crippen molar-refractivity contribution in [2.45, 2.75) is 81.4 Å². The third-order valence-corrected chi connectivity index (χ3v) is 12.5. The van der Waals surface area contributed by atoms with Crippen LogP contribution >= 0.6 is 11.3 Å². The van der Waals surface area contributed by atoms with Crippen LogP contribution in [0.2, 0.25) is 0 Å². The number of nitrogens with one attached hydrogen (secondary N) is 3. The van der Waals surface area contributed by atoms with Crippen molar-refractivity contribution in [2.75, 3.05) is 18.9 Å². The number of amides is 4. The summed E-state index contributed by atoms with van der Waals surface area (Å²) in [6.07, 6.45) is -0.0509. The topological polar surface area (TPSA) is 164 Å². The molecule has 0 radical (unpaired) electrons. The predicted octanol–water partition coefficient (Wildman–Crippen LogP) is 4.76. The Balaban J connectivity index is 1.22. The molecular formula is C33H38F3N5O7S2. The number of carbonyl (C=O) groups excluding carboxylic acids is 4. The number of carbonyl (C=O) groups is 4. The Labute approximate surface area is 291 Å². The van der Waals surface area contributed by atoms with E-state index in [4.69, 9.17) is 4.74 Å². The van der Waals surface area contributed by atoms with E-state index in [-0.39, 0.29) is 36.4 Å². The quantitative estimate of drug-likeness (QED) is 0.358.